The van der Waals surface area contributed by atoms with E-state index in [-0.39, 0.29) is 51.0 Å². The minimum atomic E-state index is -4.63. The lowest BCUT2D eigenvalue weighted by atomic mass is 10.1. The van der Waals surface area contributed by atoms with Crippen LogP contribution in [0.15, 0.2) is 30.5 Å². The van der Waals surface area contributed by atoms with Gasteiger partial charge in [0.1, 0.15) is 6.04 Å². The maximum Gasteiger partial charge on any atom is 0.472 e. The highest BCUT2D eigenvalue weighted by Gasteiger charge is 2.26. The number of benzene rings is 1. The second kappa shape index (κ2) is 33.3. The Morgan fingerprint density at radius 2 is 1.38 bits per heavy atom. The van der Waals surface area contributed by atoms with E-state index in [1.165, 1.54) is 64.2 Å². The highest BCUT2D eigenvalue weighted by atomic mass is 31.2. The normalized spacial score (nSPS) is 14.0. The predicted molar refractivity (Wildman–Crippen MR) is 238 cm³/mol. The van der Waals surface area contributed by atoms with Gasteiger partial charge in [0, 0.05) is 50.2 Å². The molecule has 1 aromatic carbocycles. The van der Waals surface area contributed by atoms with Crippen LogP contribution in [0.2, 0.25) is 0 Å². The van der Waals surface area contributed by atoms with Crippen LogP contribution in [0.4, 0.5) is 0 Å². The van der Waals surface area contributed by atoms with Crippen LogP contribution in [0.25, 0.3) is 10.9 Å². The summed E-state index contributed by atoms with van der Waals surface area (Å²) >= 11 is 0. The third-order valence-electron chi connectivity index (χ3n) is 10.7. The van der Waals surface area contributed by atoms with E-state index in [1.807, 2.05) is 24.3 Å². The third-order valence-corrected chi connectivity index (χ3v) is 11.6. The maximum absolute atomic E-state index is 13.0. The molecule has 1 aromatic heterocycles. The smallest absolute Gasteiger partial charge is 0.472 e. The SMILES string of the molecule is CCCCCCCCCCCCCC(=O)N[C@H](COCC[C@@H](CCCCCCC)OC)COP(=O)(O)OCCNC(=O)[C@H](CCC(=O)O)NC(=O)Cc1c[nH]c2ccccc12. The molecule has 4 atom stereocenters. The van der Waals surface area contributed by atoms with E-state index in [9.17, 15) is 33.7 Å². The number of aromatic nitrogens is 1. The number of hydrogen-bond donors (Lipinski definition) is 6. The number of unbranched alkanes of at least 4 members (excludes halogenated alkanes) is 14. The number of hydrogen-bond acceptors (Lipinski definition) is 9. The van der Waals surface area contributed by atoms with Gasteiger partial charge in [-0.3, -0.25) is 28.2 Å². The summed E-state index contributed by atoms with van der Waals surface area (Å²) in [5, 5.41) is 18.1. The highest BCUT2D eigenvalue weighted by molar-refractivity contribution is 7.47. The number of ether oxygens (including phenoxy) is 2. The number of amides is 3. The molecule has 2 aromatic rings. The number of nitrogens with one attached hydrogen (secondary N) is 4. The van der Waals surface area contributed by atoms with Gasteiger partial charge in [0.15, 0.2) is 0 Å². The predicted octanol–water partition coefficient (Wildman–Crippen LogP) is 8.28. The zero-order chi connectivity index (χ0) is 44.6. The largest absolute Gasteiger partial charge is 0.481 e. The van der Waals surface area contributed by atoms with Gasteiger partial charge in [-0.05, 0) is 37.3 Å². The average molecular weight is 881 g/mol. The number of methoxy groups -OCH3 is 1. The highest BCUT2D eigenvalue weighted by Crippen LogP contribution is 2.43. The minimum Gasteiger partial charge on any atom is -0.481 e. The van der Waals surface area contributed by atoms with E-state index in [4.69, 9.17) is 18.5 Å². The fourth-order valence-corrected chi connectivity index (χ4v) is 7.85. The average Bonchev–Trinajstić information content (AvgIpc) is 3.64. The molecule has 61 heavy (non-hydrogen) atoms. The van der Waals surface area contributed by atoms with Crippen LogP contribution in [0.5, 0.6) is 0 Å². The van der Waals surface area contributed by atoms with Crippen LogP contribution >= 0.6 is 7.82 Å². The van der Waals surface area contributed by atoms with Crippen LogP contribution in [-0.4, -0.2) is 96.9 Å². The van der Waals surface area contributed by atoms with Crippen LogP contribution < -0.4 is 16.0 Å². The summed E-state index contributed by atoms with van der Waals surface area (Å²) in [6.45, 7) is 3.84. The van der Waals surface area contributed by atoms with E-state index in [1.54, 1.807) is 13.3 Å². The zero-order valence-electron chi connectivity index (χ0n) is 37.2. The number of para-hydroxylation sites is 1. The third kappa shape index (κ3) is 26.0. The Balaban J connectivity index is 1.84. The van der Waals surface area contributed by atoms with Gasteiger partial charge >= 0.3 is 13.8 Å². The molecule has 6 N–H and O–H groups in total. The number of phosphoric acid groups is 1. The lowest BCUT2D eigenvalue weighted by Crippen LogP contribution is -2.48. The Kier molecular flexibility index (Phi) is 29.3. The molecular weight excluding hydrogens is 803 g/mol. The molecule has 0 aliphatic heterocycles. The van der Waals surface area contributed by atoms with Crippen molar-refractivity contribution in [1.29, 1.82) is 0 Å². The van der Waals surface area contributed by atoms with E-state index < -0.39 is 44.3 Å². The first-order valence-electron chi connectivity index (χ1n) is 22.8. The summed E-state index contributed by atoms with van der Waals surface area (Å²) in [5.74, 6) is -2.47. The number of rotatable bonds is 39. The number of carbonyl (C=O) groups is 4. The lowest BCUT2D eigenvalue weighted by Gasteiger charge is -2.22. The van der Waals surface area contributed by atoms with Crippen molar-refractivity contribution in [2.75, 3.05) is 40.1 Å². The minimum absolute atomic E-state index is 0.0340. The molecule has 0 bridgehead atoms. The number of fused-ring (bicyclic) bond motifs is 1. The number of aliphatic carboxylic acids is 1. The number of phosphoric ester groups is 1. The molecule has 0 saturated carbocycles. The molecule has 16 heteroatoms. The quantitative estimate of drug-likeness (QED) is 0.0278. The molecule has 0 radical (unpaired) electrons. The Morgan fingerprint density at radius 1 is 0.738 bits per heavy atom. The molecule has 1 unspecified atom stereocenters. The number of carbonyl (C=O) groups excluding carboxylic acids is 3. The van der Waals surface area contributed by atoms with Crippen molar-refractivity contribution < 1.29 is 52.3 Å². The molecule has 0 saturated heterocycles. The van der Waals surface area contributed by atoms with Gasteiger partial charge in [-0.15, -0.1) is 0 Å². The number of carboxylic acid groups (broad SMARTS) is 1. The van der Waals surface area contributed by atoms with Crippen molar-refractivity contribution in [3.63, 3.8) is 0 Å². The second-order valence-corrected chi connectivity index (χ2v) is 17.4. The number of H-pyrrole nitrogens is 1. The van der Waals surface area contributed by atoms with Gasteiger partial charge in [-0.2, -0.15) is 0 Å². The molecule has 1 heterocycles. The molecule has 3 amide bonds. The first kappa shape index (κ1) is 53.8. The number of carboxylic acids is 1. The first-order chi connectivity index (χ1) is 29.5. The second-order valence-electron chi connectivity index (χ2n) is 16.0. The van der Waals surface area contributed by atoms with Crippen molar-refractivity contribution in [3.05, 3.63) is 36.0 Å². The van der Waals surface area contributed by atoms with Gasteiger partial charge in [0.25, 0.3) is 0 Å². The van der Waals surface area contributed by atoms with E-state index in [2.05, 4.69) is 34.8 Å². The standard InChI is InChI=1S/C45H77N4O11P/c1-4-6-8-10-11-12-13-14-15-17-19-25-42(50)48-37(34-58-30-28-38(57-3)22-18-16-9-7-5-2)35-60-61(55,56)59-31-29-46-45(54)41(26-27-44(52)53)49-43(51)32-36-33-47-40-24-21-20-23-39(36)40/h20-21,23-24,33,37-38,41,47H,4-19,22,25-32,34-35H2,1-3H3,(H,46,54)(H,48,50)(H,49,51)(H,52,53)(H,55,56)/t37-,38-,41+/m1/s1. The summed E-state index contributed by atoms with van der Waals surface area (Å²) in [5.41, 5.74) is 1.58. The van der Waals surface area contributed by atoms with Crippen LogP contribution in [0, 0.1) is 0 Å². The Bertz CT molecular complexity index is 1560. The fraction of sp³-hybridized carbons (Fsp3) is 0.733. The monoisotopic (exact) mass is 881 g/mol. The zero-order valence-corrected chi connectivity index (χ0v) is 38.1. The van der Waals surface area contributed by atoms with Crippen LogP contribution in [-0.2, 0) is 48.7 Å². The summed E-state index contributed by atoms with van der Waals surface area (Å²) < 4.78 is 34.8. The Morgan fingerprint density at radius 3 is 2.03 bits per heavy atom. The van der Waals surface area contributed by atoms with E-state index in [0.29, 0.717) is 19.4 Å². The molecule has 0 fully saturated rings. The Labute approximate surface area is 364 Å². The molecule has 0 aliphatic carbocycles. The van der Waals surface area contributed by atoms with E-state index >= 15 is 0 Å². The van der Waals surface area contributed by atoms with Gasteiger partial charge in [0.05, 0.1) is 38.4 Å². The molecule has 15 nitrogen and oxygen atoms in total. The summed E-state index contributed by atoms with van der Waals surface area (Å²) in [6.07, 6.45) is 21.8. The lowest BCUT2D eigenvalue weighted by molar-refractivity contribution is -0.138. The molecule has 0 aliphatic rings. The number of aromatic amines is 1. The molecule has 348 valence electrons. The molecular formula is C45H77N4O11P. The fourth-order valence-electron chi connectivity index (χ4n) is 7.09. The van der Waals surface area contributed by atoms with Crippen molar-refractivity contribution in [2.45, 2.75) is 173 Å². The maximum atomic E-state index is 13.0. The summed E-state index contributed by atoms with van der Waals surface area (Å²) in [7, 11) is -2.94. The van der Waals surface area contributed by atoms with Crippen molar-refractivity contribution >= 4 is 42.4 Å². The van der Waals surface area contributed by atoms with E-state index in [0.717, 1.165) is 61.4 Å². The summed E-state index contributed by atoms with van der Waals surface area (Å²) in [6, 6.07) is 5.58. The van der Waals surface area contributed by atoms with Crippen LogP contribution in [0.1, 0.15) is 154 Å². The molecule has 0 spiro atoms. The molecule has 2 rings (SSSR count). The topological polar surface area (TPSA) is 215 Å². The first-order valence-corrected chi connectivity index (χ1v) is 24.3. The van der Waals surface area contributed by atoms with Gasteiger partial charge in [0.2, 0.25) is 17.7 Å². The van der Waals surface area contributed by atoms with Gasteiger partial charge in [-0.25, -0.2) is 4.57 Å². The van der Waals surface area contributed by atoms with Crippen molar-refractivity contribution in [2.24, 2.45) is 0 Å². The van der Waals surface area contributed by atoms with Crippen LogP contribution in [0.3, 0.4) is 0 Å². The van der Waals surface area contributed by atoms with Gasteiger partial charge < -0.3 is 40.4 Å². The van der Waals surface area contributed by atoms with Crippen molar-refractivity contribution in [3.8, 4) is 0 Å². The van der Waals surface area contributed by atoms with Gasteiger partial charge in [-0.1, -0.05) is 128 Å². The Hall–Kier alpha value is -3.33. The summed E-state index contributed by atoms with van der Waals surface area (Å²) in [4.78, 5) is 63.7. The van der Waals surface area contributed by atoms with Crippen molar-refractivity contribution in [1.82, 2.24) is 20.9 Å².